The topological polar surface area (TPSA) is 15.3 Å². The van der Waals surface area contributed by atoms with Crippen LogP contribution >= 0.6 is 11.3 Å². The molecule has 2 heterocycles. The Balaban J connectivity index is 1.82. The van der Waals surface area contributed by atoms with Crippen molar-refractivity contribution in [2.24, 2.45) is 0 Å². The van der Waals surface area contributed by atoms with Gasteiger partial charge >= 0.3 is 6.18 Å². The van der Waals surface area contributed by atoms with E-state index in [9.17, 15) is 13.2 Å². The number of alkyl halides is 3. The first-order valence-electron chi connectivity index (χ1n) is 7.43. The van der Waals surface area contributed by atoms with E-state index in [1.807, 2.05) is 12.1 Å². The second-order valence-electron chi connectivity index (χ2n) is 5.96. The number of nitrogens with one attached hydrogen (secondary N) is 1. The molecule has 0 saturated carbocycles. The quantitative estimate of drug-likeness (QED) is 0.892. The van der Waals surface area contributed by atoms with Crippen molar-refractivity contribution in [1.82, 2.24) is 4.90 Å². The molecule has 1 aromatic heterocycles. The SMILES string of the molecule is CN1CCC(Nc2cccc3c(CC(F)(F)F)csc23)CC1. The average Bonchev–Trinajstić information content (AvgIpc) is 2.84. The fraction of sp³-hybridized carbons (Fsp3) is 0.500. The minimum absolute atomic E-state index is 0.375. The monoisotopic (exact) mass is 328 g/mol. The molecule has 1 N–H and O–H groups in total. The molecule has 0 spiro atoms. The van der Waals surface area contributed by atoms with Crippen LogP contribution in [0.5, 0.6) is 0 Å². The number of nitrogens with zero attached hydrogens (tertiary/aromatic N) is 1. The number of thiophene rings is 1. The van der Waals surface area contributed by atoms with Gasteiger partial charge in [-0.3, -0.25) is 0 Å². The Morgan fingerprint density at radius 1 is 1.27 bits per heavy atom. The van der Waals surface area contributed by atoms with E-state index >= 15 is 0 Å². The summed E-state index contributed by atoms with van der Waals surface area (Å²) in [5.74, 6) is 0. The Hall–Kier alpha value is -1.27. The van der Waals surface area contributed by atoms with Crippen LogP contribution in [0.4, 0.5) is 18.9 Å². The van der Waals surface area contributed by atoms with Gasteiger partial charge in [-0.15, -0.1) is 11.3 Å². The zero-order chi connectivity index (χ0) is 15.7. The number of likely N-dealkylation sites (tertiary alicyclic amines) is 1. The Kier molecular flexibility index (Phi) is 4.32. The zero-order valence-corrected chi connectivity index (χ0v) is 13.2. The highest BCUT2D eigenvalue weighted by Gasteiger charge is 2.29. The van der Waals surface area contributed by atoms with Crippen LogP contribution in [0.3, 0.4) is 0 Å². The molecular weight excluding hydrogens is 309 g/mol. The number of rotatable bonds is 3. The fourth-order valence-corrected chi connectivity index (χ4v) is 4.00. The first kappa shape index (κ1) is 15.6. The number of halogens is 3. The summed E-state index contributed by atoms with van der Waals surface area (Å²) in [4.78, 5) is 2.30. The summed E-state index contributed by atoms with van der Waals surface area (Å²) < 4.78 is 38.9. The maximum Gasteiger partial charge on any atom is 0.393 e. The number of fused-ring (bicyclic) bond motifs is 1. The number of anilines is 1. The van der Waals surface area contributed by atoms with Crippen LogP contribution in [0.25, 0.3) is 10.1 Å². The molecule has 0 unspecified atom stereocenters. The first-order chi connectivity index (χ1) is 10.4. The predicted molar refractivity (Wildman–Crippen MR) is 85.7 cm³/mol. The van der Waals surface area contributed by atoms with Gasteiger partial charge in [0.25, 0.3) is 0 Å². The van der Waals surface area contributed by atoms with Gasteiger partial charge in [0.1, 0.15) is 0 Å². The number of hydrogen-bond acceptors (Lipinski definition) is 3. The van der Waals surface area contributed by atoms with Crippen LogP contribution in [0, 0.1) is 0 Å². The lowest BCUT2D eigenvalue weighted by atomic mass is 10.0. The van der Waals surface area contributed by atoms with Crippen molar-refractivity contribution in [1.29, 1.82) is 0 Å². The minimum Gasteiger partial charge on any atom is -0.381 e. The molecule has 2 nitrogen and oxygen atoms in total. The molecule has 0 radical (unpaired) electrons. The summed E-state index contributed by atoms with van der Waals surface area (Å²) in [7, 11) is 2.11. The molecule has 2 aromatic rings. The highest BCUT2D eigenvalue weighted by Crippen LogP contribution is 2.36. The molecule has 22 heavy (non-hydrogen) atoms. The molecule has 1 aliphatic rings. The zero-order valence-electron chi connectivity index (χ0n) is 12.4. The fourth-order valence-electron chi connectivity index (χ4n) is 2.95. The van der Waals surface area contributed by atoms with Gasteiger partial charge < -0.3 is 10.2 Å². The minimum atomic E-state index is -4.16. The van der Waals surface area contributed by atoms with Crippen molar-refractivity contribution in [3.8, 4) is 0 Å². The van der Waals surface area contributed by atoms with E-state index in [0.29, 0.717) is 11.6 Å². The van der Waals surface area contributed by atoms with E-state index in [-0.39, 0.29) is 0 Å². The molecule has 1 aliphatic heterocycles. The standard InChI is InChI=1S/C16H19F3N2S/c1-21-7-5-12(6-8-21)20-14-4-2-3-13-11(9-16(17,18)19)10-22-15(13)14/h2-4,10,12,20H,5-9H2,1H3. The Bertz CT molecular complexity index is 642. The summed E-state index contributed by atoms with van der Waals surface area (Å²) in [6, 6.07) is 5.99. The van der Waals surface area contributed by atoms with Crippen molar-refractivity contribution >= 4 is 27.1 Å². The van der Waals surface area contributed by atoms with Crippen molar-refractivity contribution in [2.45, 2.75) is 31.5 Å². The Labute approximate surface area is 131 Å². The van der Waals surface area contributed by atoms with Gasteiger partial charge in [0.15, 0.2) is 0 Å². The lowest BCUT2D eigenvalue weighted by Gasteiger charge is -2.30. The van der Waals surface area contributed by atoms with Gasteiger partial charge in [-0.1, -0.05) is 12.1 Å². The van der Waals surface area contributed by atoms with Crippen LogP contribution in [-0.2, 0) is 6.42 Å². The van der Waals surface area contributed by atoms with Gasteiger partial charge in [0, 0.05) is 6.04 Å². The molecule has 6 heteroatoms. The molecule has 0 bridgehead atoms. The van der Waals surface area contributed by atoms with Crippen molar-refractivity contribution in [2.75, 3.05) is 25.5 Å². The van der Waals surface area contributed by atoms with E-state index in [1.54, 1.807) is 11.4 Å². The summed E-state index contributed by atoms with van der Waals surface area (Å²) in [6.07, 6.45) is -2.89. The van der Waals surface area contributed by atoms with Crippen LogP contribution in [0.1, 0.15) is 18.4 Å². The van der Waals surface area contributed by atoms with E-state index in [0.717, 1.165) is 41.7 Å². The number of hydrogen-bond donors (Lipinski definition) is 1. The van der Waals surface area contributed by atoms with E-state index in [1.165, 1.54) is 11.3 Å². The van der Waals surface area contributed by atoms with Gasteiger partial charge in [-0.25, -0.2) is 0 Å². The third-order valence-electron chi connectivity index (χ3n) is 4.15. The Morgan fingerprint density at radius 2 is 2.00 bits per heavy atom. The van der Waals surface area contributed by atoms with Gasteiger partial charge in [-0.05, 0) is 55.4 Å². The summed E-state index contributed by atoms with van der Waals surface area (Å²) in [5.41, 5.74) is 1.34. The predicted octanol–water partition coefficient (Wildman–Crippen LogP) is 4.51. The number of piperidine rings is 1. The van der Waals surface area contributed by atoms with Crippen LogP contribution in [0.2, 0.25) is 0 Å². The van der Waals surface area contributed by atoms with E-state index < -0.39 is 12.6 Å². The highest BCUT2D eigenvalue weighted by atomic mass is 32.1. The lowest BCUT2D eigenvalue weighted by molar-refractivity contribution is -0.126. The largest absolute Gasteiger partial charge is 0.393 e. The second-order valence-corrected chi connectivity index (χ2v) is 6.84. The molecule has 0 atom stereocenters. The van der Waals surface area contributed by atoms with E-state index in [4.69, 9.17) is 0 Å². The molecule has 120 valence electrons. The van der Waals surface area contributed by atoms with E-state index in [2.05, 4.69) is 17.3 Å². The molecular formula is C16H19F3N2S. The van der Waals surface area contributed by atoms with Crippen molar-refractivity contribution in [3.05, 3.63) is 29.1 Å². The maximum absolute atomic E-state index is 12.6. The van der Waals surface area contributed by atoms with Gasteiger partial charge in [0.05, 0.1) is 16.8 Å². The van der Waals surface area contributed by atoms with Crippen molar-refractivity contribution in [3.63, 3.8) is 0 Å². The van der Waals surface area contributed by atoms with Crippen LogP contribution in [-0.4, -0.2) is 37.3 Å². The lowest BCUT2D eigenvalue weighted by Crippen LogP contribution is -2.36. The Morgan fingerprint density at radius 3 is 2.68 bits per heavy atom. The smallest absolute Gasteiger partial charge is 0.381 e. The first-order valence-corrected chi connectivity index (χ1v) is 8.31. The molecule has 0 aliphatic carbocycles. The second kappa shape index (κ2) is 6.08. The number of benzene rings is 1. The van der Waals surface area contributed by atoms with Crippen LogP contribution in [0.15, 0.2) is 23.6 Å². The third-order valence-corrected chi connectivity index (χ3v) is 5.23. The highest BCUT2D eigenvalue weighted by molar-refractivity contribution is 7.18. The van der Waals surface area contributed by atoms with Crippen molar-refractivity contribution < 1.29 is 13.2 Å². The summed E-state index contributed by atoms with van der Waals surface area (Å²) >= 11 is 1.40. The normalized spacial score (nSPS) is 18.0. The molecule has 1 fully saturated rings. The molecule has 3 rings (SSSR count). The summed E-state index contributed by atoms with van der Waals surface area (Å²) in [6.45, 7) is 2.11. The van der Waals surface area contributed by atoms with Gasteiger partial charge in [0.2, 0.25) is 0 Å². The van der Waals surface area contributed by atoms with Gasteiger partial charge in [-0.2, -0.15) is 13.2 Å². The van der Waals surface area contributed by atoms with Crippen LogP contribution < -0.4 is 5.32 Å². The average molecular weight is 328 g/mol. The maximum atomic E-state index is 12.6. The third kappa shape index (κ3) is 3.55. The summed E-state index contributed by atoms with van der Waals surface area (Å²) in [5, 5.41) is 5.88. The molecule has 1 aromatic carbocycles. The molecule has 0 amide bonds. The molecule has 1 saturated heterocycles.